The number of rotatable bonds is 6. The van der Waals surface area contributed by atoms with E-state index in [0.717, 1.165) is 30.1 Å². The van der Waals surface area contributed by atoms with Gasteiger partial charge in [0.25, 0.3) is 0 Å². The zero-order chi connectivity index (χ0) is 12.8. The predicted octanol–water partition coefficient (Wildman–Crippen LogP) is 2.91. The van der Waals surface area contributed by atoms with Crippen LogP contribution in [0.2, 0.25) is 0 Å². The number of aryl methyl sites for hydroxylation is 1. The maximum atomic E-state index is 5.59. The fourth-order valence-electron chi connectivity index (χ4n) is 1.77. The first-order chi connectivity index (χ1) is 8.83. The van der Waals surface area contributed by atoms with Gasteiger partial charge in [-0.3, -0.25) is 4.68 Å². The summed E-state index contributed by atoms with van der Waals surface area (Å²) in [5.41, 5.74) is 2.19. The molecule has 18 heavy (non-hydrogen) atoms. The van der Waals surface area contributed by atoms with Crippen molar-refractivity contribution in [2.24, 2.45) is 0 Å². The third kappa shape index (κ3) is 3.03. The summed E-state index contributed by atoms with van der Waals surface area (Å²) in [4.78, 5) is 0. The Morgan fingerprint density at radius 2 is 2.11 bits per heavy atom. The number of benzene rings is 1. The SMILES string of the molecule is CCOc1ccccc1CNc1cnn(CC)c1. The van der Waals surface area contributed by atoms with E-state index in [1.165, 1.54) is 0 Å². The van der Waals surface area contributed by atoms with Gasteiger partial charge in [0.15, 0.2) is 0 Å². The van der Waals surface area contributed by atoms with Crippen LogP contribution in [0.4, 0.5) is 5.69 Å². The lowest BCUT2D eigenvalue weighted by Gasteiger charge is -2.10. The molecular formula is C14H19N3O. The monoisotopic (exact) mass is 245 g/mol. The first-order valence-corrected chi connectivity index (χ1v) is 6.30. The fourth-order valence-corrected chi connectivity index (χ4v) is 1.77. The molecule has 0 unspecified atom stereocenters. The lowest BCUT2D eigenvalue weighted by atomic mass is 10.2. The normalized spacial score (nSPS) is 10.3. The standard InChI is InChI=1S/C14H19N3O/c1-3-17-11-13(10-16-17)15-9-12-7-5-6-8-14(12)18-4-2/h5-8,10-11,15H,3-4,9H2,1-2H3. The van der Waals surface area contributed by atoms with E-state index >= 15 is 0 Å². The number of ether oxygens (including phenoxy) is 1. The number of nitrogens with one attached hydrogen (secondary N) is 1. The summed E-state index contributed by atoms with van der Waals surface area (Å²) in [6, 6.07) is 8.08. The van der Waals surface area contributed by atoms with Gasteiger partial charge in [0.05, 0.1) is 18.5 Å². The molecule has 0 saturated carbocycles. The fraction of sp³-hybridized carbons (Fsp3) is 0.357. The van der Waals surface area contributed by atoms with Crippen LogP contribution in [0.5, 0.6) is 5.75 Å². The molecule has 1 aromatic heterocycles. The van der Waals surface area contributed by atoms with Gasteiger partial charge < -0.3 is 10.1 Å². The van der Waals surface area contributed by atoms with E-state index in [0.29, 0.717) is 6.61 Å². The molecular weight excluding hydrogens is 226 g/mol. The second-order valence-electron chi connectivity index (χ2n) is 3.98. The Morgan fingerprint density at radius 3 is 2.83 bits per heavy atom. The van der Waals surface area contributed by atoms with Gasteiger partial charge in [-0.15, -0.1) is 0 Å². The van der Waals surface area contributed by atoms with Crippen molar-refractivity contribution in [2.45, 2.75) is 26.9 Å². The molecule has 0 saturated heterocycles. The summed E-state index contributed by atoms with van der Waals surface area (Å²) in [6.45, 7) is 6.38. The largest absolute Gasteiger partial charge is 0.494 e. The predicted molar refractivity (Wildman–Crippen MR) is 72.8 cm³/mol. The van der Waals surface area contributed by atoms with Crippen LogP contribution in [0.3, 0.4) is 0 Å². The highest BCUT2D eigenvalue weighted by atomic mass is 16.5. The summed E-state index contributed by atoms with van der Waals surface area (Å²) in [6.07, 6.45) is 3.84. The van der Waals surface area contributed by atoms with E-state index in [-0.39, 0.29) is 0 Å². The Balaban J connectivity index is 2.01. The van der Waals surface area contributed by atoms with Crippen molar-refractivity contribution in [2.75, 3.05) is 11.9 Å². The molecule has 0 atom stereocenters. The molecule has 0 spiro atoms. The van der Waals surface area contributed by atoms with Crippen LogP contribution in [0.15, 0.2) is 36.7 Å². The number of para-hydroxylation sites is 1. The van der Waals surface area contributed by atoms with Crippen molar-refractivity contribution in [1.29, 1.82) is 0 Å². The van der Waals surface area contributed by atoms with Crippen LogP contribution >= 0.6 is 0 Å². The molecule has 4 nitrogen and oxygen atoms in total. The molecule has 0 radical (unpaired) electrons. The number of anilines is 1. The molecule has 0 aliphatic heterocycles. The van der Waals surface area contributed by atoms with Gasteiger partial charge in [-0.2, -0.15) is 5.10 Å². The number of nitrogens with zero attached hydrogens (tertiary/aromatic N) is 2. The topological polar surface area (TPSA) is 39.1 Å². The van der Waals surface area contributed by atoms with Crippen molar-refractivity contribution >= 4 is 5.69 Å². The summed E-state index contributed by atoms with van der Waals surface area (Å²) in [5.74, 6) is 0.940. The minimum absolute atomic E-state index is 0.685. The molecule has 0 aliphatic rings. The Labute approximate surface area is 108 Å². The molecule has 0 fully saturated rings. The Kier molecular flexibility index (Phi) is 4.23. The molecule has 0 amide bonds. The van der Waals surface area contributed by atoms with Gasteiger partial charge in [-0.05, 0) is 19.9 Å². The first-order valence-electron chi connectivity index (χ1n) is 6.30. The van der Waals surface area contributed by atoms with Crippen molar-refractivity contribution in [3.05, 3.63) is 42.2 Å². The van der Waals surface area contributed by atoms with Crippen molar-refractivity contribution in [3.63, 3.8) is 0 Å². The quantitative estimate of drug-likeness (QED) is 0.850. The molecule has 96 valence electrons. The lowest BCUT2D eigenvalue weighted by Crippen LogP contribution is -2.02. The smallest absolute Gasteiger partial charge is 0.124 e. The number of hydrogen-bond acceptors (Lipinski definition) is 3. The average molecular weight is 245 g/mol. The summed E-state index contributed by atoms with van der Waals surface area (Å²) in [5, 5.41) is 7.58. The maximum absolute atomic E-state index is 5.59. The molecule has 4 heteroatoms. The lowest BCUT2D eigenvalue weighted by molar-refractivity contribution is 0.337. The van der Waals surface area contributed by atoms with Crippen LogP contribution in [-0.2, 0) is 13.1 Å². The molecule has 0 bridgehead atoms. The average Bonchev–Trinajstić information content (AvgIpc) is 2.86. The summed E-state index contributed by atoms with van der Waals surface area (Å²) >= 11 is 0. The minimum atomic E-state index is 0.685. The summed E-state index contributed by atoms with van der Waals surface area (Å²) in [7, 11) is 0. The van der Waals surface area contributed by atoms with Crippen LogP contribution in [0, 0.1) is 0 Å². The number of hydrogen-bond donors (Lipinski definition) is 1. The van der Waals surface area contributed by atoms with Gasteiger partial charge in [0.2, 0.25) is 0 Å². The molecule has 1 aromatic carbocycles. The van der Waals surface area contributed by atoms with Crippen molar-refractivity contribution in [3.8, 4) is 5.75 Å². The van der Waals surface area contributed by atoms with Gasteiger partial charge in [-0.25, -0.2) is 0 Å². The van der Waals surface area contributed by atoms with Crippen molar-refractivity contribution in [1.82, 2.24) is 9.78 Å². The van der Waals surface area contributed by atoms with E-state index in [1.54, 1.807) is 0 Å². The third-order valence-corrected chi connectivity index (χ3v) is 2.71. The Bertz CT molecular complexity index is 493. The van der Waals surface area contributed by atoms with Gasteiger partial charge in [0, 0.05) is 24.8 Å². The molecule has 0 aliphatic carbocycles. The highest BCUT2D eigenvalue weighted by molar-refractivity contribution is 5.42. The second kappa shape index (κ2) is 6.10. The highest BCUT2D eigenvalue weighted by Crippen LogP contribution is 2.19. The second-order valence-corrected chi connectivity index (χ2v) is 3.98. The van der Waals surface area contributed by atoms with E-state index in [1.807, 2.05) is 42.2 Å². The van der Waals surface area contributed by atoms with Crippen LogP contribution in [0.25, 0.3) is 0 Å². The molecule has 1 N–H and O–H groups in total. The molecule has 2 aromatic rings. The van der Waals surface area contributed by atoms with Crippen LogP contribution in [0.1, 0.15) is 19.4 Å². The Hall–Kier alpha value is -1.97. The summed E-state index contributed by atoms with van der Waals surface area (Å²) < 4.78 is 7.49. The zero-order valence-electron chi connectivity index (χ0n) is 10.9. The maximum Gasteiger partial charge on any atom is 0.124 e. The van der Waals surface area contributed by atoms with Crippen molar-refractivity contribution < 1.29 is 4.74 Å². The van der Waals surface area contributed by atoms with E-state index < -0.39 is 0 Å². The zero-order valence-corrected chi connectivity index (χ0v) is 10.9. The molecule has 1 heterocycles. The minimum Gasteiger partial charge on any atom is -0.494 e. The van der Waals surface area contributed by atoms with E-state index in [4.69, 9.17) is 4.74 Å². The highest BCUT2D eigenvalue weighted by Gasteiger charge is 2.03. The van der Waals surface area contributed by atoms with Crippen LogP contribution in [-0.4, -0.2) is 16.4 Å². The van der Waals surface area contributed by atoms with Gasteiger partial charge >= 0.3 is 0 Å². The van der Waals surface area contributed by atoms with E-state index in [9.17, 15) is 0 Å². The van der Waals surface area contributed by atoms with Gasteiger partial charge in [0.1, 0.15) is 5.75 Å². The van der Waals surface area contributed by atoms with Gasteiger partial charge in [-0.1, -0.05) is 18.2 Å². The Morgan fingerprint density at radius 1 is 1.28 bits per heavy atom. The molecule has 2 rings (SSSR count). The van der Waals surface area contributed by atoms with E-state index in [2.05, 4.69) is 23.4 Å². The first kappa shape index (κ1) is 12.5. The third-order valence-electron chi connectivity index (χ3n) is 2.71. The number of aromatic nitrogens is 2. The van der Waals surface area contributed by atoms with Crippen LogP contribution < -0.4 is 10.1 Å².